The van der Waals surface area contributed by atoms with Crippen LogP contribution in [0.1, 0.15) is 42.6 Å². The van der Waals surface area contributed by atoms with Gasteiger partial charge in [-0.3, -0.25) is 0 Å². The van der Waals surface area contributed by atoms with E-state index in [1.165, 1.54) is 6.07 Å². The molecule has 0 aromatic heterocycles. The van der Waals surface area contributed by atoms with Crippen molar-refractivity contribution in [3.63, 3.8) is 0 Å². The Morgan fingerprint density at radius 1 is 1.30 bits per heavy atom. The zero-order valence-electron chi connectivity index (χ0n) is 12.2. The van der Waals surface area contributed by atoms with E-state index in [4.69, 9.17) is 5.11 Å². The Balaban J connectivity index is 2.55. The lowest BCUT2D eigenvalue weighted by Gasteiger charge is -2.11. The Kier molecular flexibility index (Phi) is 6.03. The number of rotatable bonds is 6. The van der Waals surface area contributed by atoms with E-state index in [9.17, 15) is 9.59 Å². The van der Waals surface area contributed by atoms with E-state index < -0.39 is 5.97 Å². The van der Waals surface area contributed by atoms with Crippen LogP contribution in [0.3, 0.4) is 0 Å². The molecule has 3 N–H and O–H groups in total. The molecule has 0 saturated carbocycles. The van der Waals surface area contributed by atoms with Gasteiger partial charge in [0.15, 0.2) is 0 Å². The third kappa shape index (κ3) is 5.30. The summed E-state index contributed by atoms with van der Waals surface area (Å²) in [6.45, 7) is 6.65. The van der Waals surface area contributed by atoms with Gasteiger partial charge in [0.25, 0.3) is 0 Å². The van der Waals surface area contributed by atoms with Crippen molar-refractivity contribution in [2.45, 2.75) is 33.6 Å². The summed E-state index contributed by atoms with van der Waals surface area (Å²) in [5.41, 5.74) is 1.25. The van der Waals surface area contributed by atoms with Crippen molar-refractivity contribution in [2.24, 2.45) is 5.92 Å². The van der Waals surface area contributed by atoms with Crippen LogP contribution in [0, 0.1) is 12.8 Å². The van der Waals surface area contributed by atoms with Crippen LogP contribution in [0.2, 0.25) is 0 Å². The predicted molar refractivity (Wildman–Crippen MR) is 79.2 cm³/mol. The maximum absolute atomic E-state index is 11.7. The molecule has 0 fully saturated rings. The fraction of sp³-hybridized carbons (Fsp3) is 0.467. The van der Waals surface area contributed by atoms with Gasteiger partial charge in [-0.2, -0.15) is 0 Å². The minimum absolute atomic E-state index is 0.0994. The van der Waals surface area contributed by atoms with Crippen LogP contribution >= 0.6 is 0 Å². The van der Waals surface area contributed by atoms with Crippen LogP contribution in [0.25, 0.3) is 0 Å². The molecule has 0 atom stereocenters. The average molecular weight is 278 g/mol. The molecule has 110 valence electrons. The second-order valence-corrected chi connectivity index (χ2v) is 5.27. The molecule has 20 heavy (non-hydrogen) atoms. The van der Waals surface area contributed by atoms with Crippen LogP contribution in [-0.2, 0) is 0 Å². The lowest BCUT2D eigenvalue weighted by Crippen LogP contribution is -2.30. The highest BCUT2D eigenvalue weighted by Gasteiger charge is 2.12. The molecule has 1 aromatic carbocycles. The van der Waals surface area contributed by atoms with E-state index in [0.29, 0.717) is 18.2 Å². The van der Waals surface area contributed by atoms with E-state index in [-0.39, 0.29) is 11.6 Å². The number of hydrogen-bond donors (Lipinski definition) is 3. The second-order valence-electron chi connectivity index (χ2n) is 5.27. The van der Waals surface area contributed by atoms with Gasteiger partial charge in [0.2, 0.25) is 0 Å². The molecule has 0 aliphatic rings. The summed E-state index contributed by atoms with van der Waals surface area (Å²) >= 11 is 0. The number of aromatic carboxylic acids is 1. The molecule has 5 nitrogen and oxygen atoms in total. The van der Waals surface area contributed by atoms with Gasteiger partial charge in [0.1, 0.15) is 0 Å². The molecule has 0 spiro atoms. The van der Waals surface area contributed by atoms with Crippen molar-refractivity contribution in [1.82, 2.24) is 5.32 Å². The number of aryl methyl sites for hydroxylation is 1. The lowest BCUT2D eigenvalue weighted by molar-refractivity contribution is 0.0698. The number of carboxylic acid groups (broad SMARTS) is 1. The standard InChI is InChI=1S/C15H22N2O3/c1-10(2)5-4-8-16-15(20)17-13-7-6-11(3)9-12(13)14(18)19/h6-7,9-10H,4-5,8H2,1-3H3,(H,18,19)(H2,16,17,20). The van der Waals surface area contributed by atoms with Crippen molar-refractivity contribution in [2.75, 3.05) is 11.9 Å². The van der Waals surface area contributed by atoms with E-state index in [2.05, 4.69) is 24.5 Å². The summed E-state index contributed by atoms with van der Waals surface area (Å²) < 4.78 is 0. The lowest BCUT2D eigenvalue weighted by atomic mass is 10.1. The number of hydrogen-bond acceptors (Lipinski definition) is 2. The minimum Gasteiger partial charge on any atom is -0.478 e. The van der Waals surface area contributed by atoms with Crippen molar-refractivity contribution in [3.05, 3.63) is 29.3 Å². The number of benzene rings is 1. The molecule has 5 heteroatoms. The van der Waals surface area contributed by atoms with Crippen molar-refractivity contribution >= 4 is 17.7 Å². The zero-order chi connectivity index (χ0) is 15.1. The summed E-state index contributed by atoms with van der Waals surface area (Å²) in [4.78, 5) is 22.8. The molecule has 0 saturated heterocycles. The Bertz CT molecular complexity index is 484. The first-order chi connectivity index (χ1) is 9.40. The largest absolute Gasteiger partial charge is 0.478 e. The maximum atomic E-state index is 11.7. The van der Waals surface area contributed by atoms with Gasteiger partial charge in [-0.15, -0.1) is 0 Å². The molecule has 1 aromatic rings. The van der Waals surface area contributed by atoms with Crippen molar-refractivity contribution < 1.29 is 14.7 Å². The normalized spacial score (nSPS) is 10.4. The summed E-state index contributed by atoms with van der Waals surface area (Å²) in [5.74, 6) is -0.445. The SMILES string of the molecule is Cc1ccc(NC(=O)NCCCC(C)C)c(C(=O)O)c1. The average Bonchev–Trinajstić information content (AvgIpc) is 2.36. The smallest absolute Gasteiger partial charge is 0.337 e. The van der Waals surface area contributed by atoms with Crippen molar-refractivity contribution in [3.8, 4) is 0 Å². The van der Waals surface area contributed by atoms with Crippen molar-refractivity contribution in [1.29, 1.82) is 0 Å². The van der Waals surface area contributed by atoms with Gasteiger partial charge in [0, 0.05) is 6.54 Å². The molecule has 0 aliphatic heterocycles. The number of carboxylic acids is 1. The number of anilines is 1. The molecule has 1 rings (SSSR count). The zero-order valence-corrected chi connectivity index (χ0v) is 12.2. The first kappa shape index (κ1) is 16.0. The minimum atomic E-state index is -1.05. The van der Waals surface area contributed by atoms with Gasteiger partial charge >= 0.3 is 12.0 Å². The monoisotopic (exact) mass is 278 g/mol. The second kappa shape index (κ2) is 7.53. The molecule has 0 heterocycles. The fourth-order valence-corrected chi connectivity index (χ4v) is 1.82. The molecule has 0 unspecified atom stereocenters. The molecular weight excluding hydrogens is 256 g/mol. The number of nitrogens with one attached hydrogen (secondary N) is 2. The van der Waals surface area contributed by atoms with Crippen LogP contribution in [0.5, 0.6) is 0 Å². The third-order valence-electron chi connectivity index (χ3n) is 2.90. The summed E-state index contributed by atoms with van der Waals surface area (Å²) in [5, 5.41) is 14.4. The highest BCUT2D eigenvalue weighted by atomic mass is 16.4. The molecular formula is C15H22N2O3. The number of urea groups is 1. The highest BCUT2D eigenvalue weighted by molar-refractivity contribution is 6.00. The summed E-state index contributed by atoms with van der Waals surface area (Å²) in [7, 11) is 0. The van der Waals surface area contributed by atoms with Crippen LogP contribution in [0.4, 0.5) is 10.5 Å². The van der Waals surface area contributed by atoms with Gasteiger partial charge in [-0.05, 0) is 37.8 Å². The van der Waals surface area contributed by atoms with E-state index >= 15 is 0 Å². The first-order valence-corrected chi connectivity index (χ1v) is 6.79. The number of carbonyl (C=O) groups is 2. The molecule has 2 amide bonds. The van der Waals surface area contributed by atoms with Crippen LogP contribution in [0.15, 0.2) is 18.2 Å². The number of carbonyl (C=O) groups excluding carboxylic acids is 1. The Labute approximate surface area is 119 Å². The third-order valence-corrected chi connectivity index (χ3v) is 2.90. The maximum Gasteiger partial charge on any atom is 0.337 e. The highest BCUT2D eigenvalue weighted by Crippen LogP contribution is 2.17. The quantitative estimate of drug-likeness (QED) is 0.699. The molecule has 0 radical (unpaired) electrons. The Hall–Kier alpha value is -2.04. The molecule has 0 aliphatic carbocycles. The topological polar surface area (TPSA) is 78.4 Å². The first-order valence-electron chi connectivity index (χ1n) is 6.79. The Morgan fingerprint density at radius 3 is 2.60 bits per heavy atom. The predicted octanol–water partition coefficient (Wildman–Crippen LogP) is 3.25. The number of amides is 2. The van der Waals surface area contributed by atoms with Gasteiger partial charge in [0.05, 0.1) is 11.3 Å². The fourth-order valence-electron chi connectivity index (χ4n) is 1.82. The van der Waals surface area contributed by atoms with E-state index in [1.54, 1.807) is 12.1 Å². The van der Waals surface area contributed by atoms with Gasteiger partial charge < -0.3 is 15.7 Å². The van der Waals surface area contributed by atoms with Crippen LogP contribution < -0.4 is 10.6 Å². The summed E-state index contributed by atoms with van der Waals surface area (Å²) in [6, 6.07) is 4.53. The van der Waals surface area contributed by atoms with E-state index in [0.717, 1.165) is 18.4 Å². The van der Waals surface area contributed by atoms with Gasteiger partial charge in [-0.1, -0.05) is 25.5 Å². The van der Waals surface area contributed by atoms with E-state index in [1.807, 2.05) is 6.92 Å². The summed E-state index contributed by atoms with van der Waals surface area (Å²) in [6.07, 6.45) is 1.95. The Morgan fingerprint density at radius 2 is 2.00 bits per heavy atom. The van der Waals surface area contributed by atoms with Gasteiger partial charge in [-0.25, -0.2) is 9.59 Å². The van der Waals surface area contributed by atoms with Crippen LogP contribution in [-0.4, -0.2) is 23.7 Å². The molecule has 0 bridgehead atoms.